The zero-order chi connectivity index (χ0) is 12.7. The molecule has 1 fully saturated rings. The molecule has 0 aromatic rings. The first-order chi connectivity index (χ1) is 8.09. The molecule has 1 unspecified atom stereocenters. The molecule has 7 nitrogen and oxygen atoms in total. The Balaban J connectivity index is -0.000000963. The van der Waals surface area contributed by atoms with Crippen LogP contribution in [0.25, 0.3) is 0 Å². The summed E-state index contributed by atoms with van der Waals surface area (Å²) in [5.41, 5.74) is 0. The molecule has 1 aliphatic rings. The van der Waals surface area contributed by atoms with Crippen LogP contribution in [-0.2, 0) is 30.7 Å². The van der Waals surface area contributed by atoms with Crippen LogP contribution in [0, 0.1) is 5.92 Å². The van der Waals surface area contributed by atoms with E-state index in [4.69, 9.17) is 0 Å². The third-order valence-electron chi connectivity index (χ3n) is 3.22. The molecule has 20 heavy (non-hydrogen) atoms. The van der Waals surface area contributed by atoms with Gasteiger partial charge in [0.05, 0.1) is 0 Å². The van der Waals surface area contributed by atoms with Crippen molar-refractivity contribution in [3.05, 3.63) is 0 Å². The zero-order valence-corrected chi connectivity index (χ0v) is 14.0. The smallest absolute Gasteiger partial charge is 0.550 e. The molecule has 0 aliphatic carbocycles. The maximum atomic E-state index is 10.7. The van der Waals surface area contributed by atoms with Crippen molar-refractivity contribution in [2.45, 2.75) is 38.5 Å². The topological polar surface area (TPSA) is 154 Å². The summed E-state index contributed by atoms with van der Waals surface area (Å²) in [6.07, 6.45) is 4.27. The predicted molar refractivity (Wildman–Crippen MR) is 67.7 cm³/mol. The molecule has 1 heterocycles. The van der Waals surface area contributed by atoms with Crippen LogP contribution >= 0.6 is 0 Å². The summed E-state index contributed by atoms with van der Waals surface area (Å²) >= 11 is 0. The summed E-state index contributed by atoms with van der Waals surface area (Å²) in [4.78, 5) is 23.4. The Morgan fingerprint density at radius 1 is 1.05 bits per heavy atom. The normalized spacial score (nSPS) is 16.0. The van der Waals surface area contributed by atoms with Gasteiger partial charge in [0.25, 0.3) is 0 Å². The molecule has 0 saturated carbocycles. The van der Waals surface area contributed by atoms with Crippen LogP contribution in [0.1, 0.15) is 38.5 Å². The van der Waals surface area contributed by atoms with E-state index in [1.54, 1.807) is 0 Å². The number of carboxylic acid groups (broad SMARTS) is 2. The number of nitrogens with zero attached hydrogens (tertiary/aromatic N) is 1. The molecule has 0 bridgehead atoms. The Labute approximate surface area is 134 Å². The molecule has 0 spiro atoms. The molecule has 8 heteroatoms. The molecule has 6 N–H and O–H groups in total. The standard InChI is InChI=1S/C12H21NO4.2H3N.Pt/c14-11(15)9-10(12(16)17)5-4-8-13-6-2-1-3-7-13;;;/h10H,1-9H2,(H,14,15)(H,16,17);2*1H3;/q;;;+2/p-2. The van der Waals surface area contributed by atoms with Gasteiger partial charge in [-0.15, -0.1) is 0 Å². The number of piperidine rings is 1. The Morgan fingerprint density at radius 3 is 2.05 bits per heavy atom. The number of aliphatic carboxylic acids is 2. The second-order valence-electron chi connectivity index (χ2n) is 4.64. The van der Waals surface area contributed by atoms with Gasteiger partial charge in [0, 0.05) is 17.9 Å². The minimum atomic E-state index is -1.32. The van der Waals surface area contributed by atoms with E-state index in [1.807, 2.05) is 0 Å². The van der Waals surface area contributed by atoms with Crippen molar-refractivity contribution < 1.29 is 40.9 Å². The van der Waals surface area contributed by atoms with Gasteiger partial charge < -0.3 is 37.0 Å². The molecular weight excluding hydrogens is 445 g/mol. The molecule has 0 aromatic heterocycles. The SMILES string of the molecule is N.N.O=C([O-])CC(CCCN1CCCCC1)C(=O)[O-].[Pt+2]. The maximum absolute atomic E-state index is 10.7. The maximum Gasteiger partial charge on any atom is 2.00 e. The fourth-order valence-electron chi connectivity index (χ4n) is 2.25. The second kappa shape index (κ2) is 13.5. The summed E-state index contributed by atoms with van der Waals surface area (Å²) in [6.45, 7) is 2.98. The molecule has 1 atom stereocenters. The zero-order valence-electron chi connectivity index (χ0n) is 11.8. The first kappa shape index (κ1) is 24.5. The van der Waals surface area contributed by atoms with Crippen molar-refractivity contribution in [3.63, 3.8) is 0 Å². The van der Waals surface area contributed by atoms with Gasteiger partial charge in [-0.3, -0.25) is 0 Å². The van der Waals surface area contributed by atoms with Gasteiger partial charge >= 0.3 is 21.1 Å². The third-order valence-corrected chi connectivity index (χ3v) is 3.22. The van der Waals surface area contributed by atoms with E-state index in [1.165, 1.54) is 19.3 Å². The number of carbonyl (C=O) groups is 2. The molecule has 0 aromatic carbocycles. The number of carbonyl (C=O) groups excluding carboxylic acids is 2. The van der Waals surface area contributed by atoms with Crippen molar-refractivity contribution in [2.75, 3.05) is 19.6 Å². The van der Waals surface area contributed by atoms with Gasteiger partial charge in [-0.25, -0.2) is 0 Å². The van der Waals surface area contributed by atoms with E-state index in [-0.39, 0.29) is 33.4 Å². The molecule has 1 saturated heterocycles. The monoisotopic (exact) mass is 470 g/mol. The quantitative estimate of drug-likeness (QED) is 0.488. The van der Waals surface area contributed by atoms with Crippen LogP contribution in [0.2, 0.25) is 0 Å². The summed E-state index contributed by atoms with van der Waals surface area (Å²) in [5.74, 6) is -3.52. The average molecular weight is 470 g/mol. The van der Waals surface area contributed by atoms with Crippen LogP contribution in [0.5, 0.6) is 0 Å². The van der Waals surface area contributed by atoms with Crippen LogP contribution in [0.3, 0.4) is 0 Å². The first-order valence-electron chi connectivity index (χ1n) is 6.22. The van der Waals surface area contributed by atoms with Gasteiger partial charge in [0.15, 0.2) is 0 Å². The van der Waals surface area contributed by atoms with Crippen LogP contribution in [-0.4, -0.2) is 36.5 Å². The van der Waals surface area contributed by atoms with E-state index < -0.39 is 24.3 Å². The van der Waals surface area contributed by atoms with E-state index in [2.05, 4.69) is 4.90 Å². The number of carboxylic acids is 2. The molecule has 1 aliphatic heterocycles. The summed E-state index contributed by atoms with van der Waals surface area (Å²) in [6, 6.07) is 0. The van der Waals surface area contributed by atoms with Crippen molar-refractivity contribution in [3.8, 4) is 0 Å². The number of hydrogen-bond donors (Lipinski definition) is 2. The average Bonchev–Trinajstić information content (AvgIpc) is 2.28. The van der Waals surface area contributed by atoms with Crippen LogP contribution in [0.4, 0.5) is 0 Å². The minimum Gasteiger partial charge on any atom is -0.550 e. The van der Waals surface area contributed by atoms with E-state index in [0.717, 1.165) is 19.6 Å². The van der Waals surface area contributed by atoms with Crippen molar-refractivity contribution >= 4 is 11.9 Å². The molecule has 0 amide bonds. The van der Waals surface area contributed by atoms with Crippen molar-refractivity contribution in [1.29, 1.82) is 0 Å². The van der Waals surface area contributed by atoms with Crippen LogP contribution < -0.4 is 22.5 Å². The first-order valence-corrected chi connectivity index (χ1v) is 6.22. The van der Waals surface area contributed by atoms with Gasteiger partial charge in [-0.1, -0.05) is 6.42 Å². The Bertz CT molecular complexity index is 273. The third kappa shape index (κ3) is 10.3. The molecule has 0 radical (unpaired) electrons. The second-order valence-corrected chi connectivity index (χ2v) is 4.64. The van der Waals surface area contributed by atoms with Crippen molar-refractivity contribution in [1.82, 2.24) is 17.2 Å². The Hall–Kier alpha value is -0.492. The van der Waals surface area contributed by atoms with Gasteiger partial charge in [-0.2, -0.15) is 0 Å². The van der Waals surface area contributed by atoms with Gasteiger partial charge in [0.2, 0.25) is 0 Å². The van der Waals surface area contributed by atoms with E-state index >= 15 is 0 Å². The Kier molecular flexibility index (Phi) is 16.5. The summed E-state index contributed by atoms with van der Waals surface area (Å²) in [5, 5.41) is 21.1. The molecule has 1 rings (SSSR count). The van der Waals surface area contributed by atoms with Crippen LogP contribution in [0.15, 0.2) is 0 Å². The summed E-state index contributed by atoms with van der Waals surface area (Å²) < 4.78 is 0. The Morgan fingerprint density at radius 2 is 1.60 bits per heavy atom. The number of rotatable bonds is 7. The fraction of sp³-hybridized carbons (Fsp3) is 0.833. The predicted octanol–water partition coefficient (Wildman–Crippen LogP) is -0.920. The molecule has 122 valence electrons. The van der Waals surface area contributed by atoms with Gasteiger partial charge in [0.1, 0.15) is 0 Å². The number of likely N-dealkylation sites (tertiary alicyclic amines) is 1. The van der Waals surface area contributed by atoms with E-state index in [9.17, 15) is 19.8 Å². The fourth-order valence-corrected chi connectivity index (χ4v) is 2.25. The summed E-state index contributed by atoms with van der Waals surface area (Å²) in [7, 11) is 0. The largest absolute Gasteiger partial charge is 2.00 e. The van der Waals surface area contributed by atoms with E-state index in [0.29, 0.717) is 12.8 Å². The number of hydrogen-bond acceptors (Lipinski definition) is 7. The molecular formula is C12H25N3O4Pt. The minimum absolute atomic E-state index is 0. The van der Waals surface area contributed by atoms with Gasteiger partial charge in [-0.05, 0) is 51.7 Å². The van der Waals surface area contributed by atoms with Crippen molar-refractivity contribution in [2.24, 2.45) is 5.92 Å².